The number of fused-ring (bicyclic) bond motifs is 2. The number of hydrogen-bond donors (Lipinski definition) is 0. The monoisotopic (exact) mass is 486 g/mol. The first kappa shape index (κ1) is 20.8. The fraction of sp³-hybridized carbons (Fsp3) is 0.105. The first-order valence-corrected chi connectivity index (χ1v) is 9.65. The molecular weight excluding hydrogens is 481 g/mol. The van der Waals surface area contributed by atoms with E-state index < -0.39 is 29.2 Å². The van der Waals surface area contributed by atoms with Gasteiger partial charge in [-0.15, -0.1) is 6.42 Å². The molecule has 0 saturated heterocycles. The molecule has 0 fully saturated rings. The van der Waals surface area contributed by atoms with E-state index in [9.17, 15) is 18.8 Å². The first-order valence-electron chi connectivity index (χ1n) is 8.13. The lowest BCUT2D eigenvalue weighted by atomic mass is 10.1. The average molecular weight is 488 g/mol. The van der Waals surface area contributed by atoms with Gasteiger partial charge < -0.3 is 4.74 Å². The van der Waals surface area contributed by atoms with Crippen LogP contribution < -0.4 is 14.5 Å². The largest absolute Gasteiger partial charge is 0.481 e. The van der Waals surface area contributed by atoms with Crippen molar-refractivity contribution in [2.24, 2.45) is 0 Å². The molecule has 2 aromatic rings. The summed E-state index contributed by atoms with van der Waals surface area (Å²) in [6.45, 7) is -0.450. The van der Waals surface area contributed by atoms with Crippen molar-refractivity contribution < 1.29 is 23.5 Å². The van der Waals surface area contributed by atoms with E-state index >= 15 is 0 Å². The van der Waals surface area contributed by atoms with Crippen LogP contribution in [0.15, 0.2) is 12.1 Å². The lowest BCUT2D eigenvalue weighted by Crippen LogP contribution is -2.39. The van der Waals surface area contributed by atoms with Crippen LogP contribution in [0.5, 0.6) is 5.75 Å². The van der Waals surface area contributed by atoms with Crippen LogP contribution in [0, 0.1) is 18.2 Å². The Hall–Kier alpha value is -2.50. The van der Waals surface area contributed by atoms with Crippen LogP contribution in [0.3, 0.4) is 0 Å². The fourth-order valence-electron chi connectivity index (χ4n) is 3.21. The minimum atomic E-state index is -0.956. The standard InChI is InChI=1S/C19H7Cl4FN2O4/c1-2-3-25-9-5-8(7(24)4-10(9)30-6-11(25)27)26-18(28)12-13(19(26)29)15(21)17(23)16(22)14(12)20/h1,4-5H,3,6H2. The van der Waals surface area contributed by atoms with Gasteiger partial charge in [0.1, 0.15) is 5.75 Å². The average Bonchev–Trinajstić information content (AvgIpc) is 2.97. The molecule has 2 heterocycles. The number of anilines is 2. The van der Waals surface area contributed by atoms with E-state index in [4.69, 9.17) is 57.6 Å². The number of rotatable bonds is 2. The molecule has 11 heteroatoms. The zero-order valence-electron chi connectivity index (χ0n) is 14.6. The third-order valence-corrected chi connectivity index (χ3v) is 6.36. The number of amides is 3. The number of carbonyl (C=O) groups is 3. The highest BCUT2D eigenvalue weighted by atomic mass is 35.5. The zero-order chi connectivity index (χ0) is 21.9. The fourth-order valence-corrected chi connectivity index (χ4v) is 4.23. The van der Waals surface area contributed by atoms with Gasteiger partial charge in [-0.2, -0.15) is 0 Å². The van der Waals surface area contributed by atoms with E-state index in [1.54, 1.807) is 0 Å². The van der Waals surface area contributed by atoms with Crippen molar-refractivity contribution in [1.82, 2.24) is 0 Å². The Labute approximate surface area is 189 Å². The second-order valence-corrected chi connectivity index (χ2v) is 7.71. The molecule has 0 aliphatic carbocycles. The summed E-state index contributed by atoms with van der Waals surface area (Å²) in [5.74, 6) is -0.981. The number of ether oxygens (including phenoxy) is 1. The number of hydrogen-bond acceptors (Lipinski definition) is 4. The van der Waals surface area contributed by atoms with Gasteiger partial charge in [0.05, 0.1) is 49.1 Å². The molecule has 3 amide bonds. The second-order valence-electron chi connectivity index (χ2n) is 6.20. The quantitative estimate of drug-likeness (QED) is 0.269. The molecule has 2 aliphatic rings. The number of carbonyl (C=O) groups excluding carboxylic acids is 3. The molecule has 152 valence electrons. The van der Waals surface area contributed by atoms with Crippen LogP contribution in [0.1, 0.15) is 20.7 Å². The highest BCUT2D eigenvalue weighted by Gasteiger charge is 2.44. The molecule has 0 N–H and O–H groups in total. The lowest BCUT2D eigenvalue weighted by Gasteiger charge is -2.29. The summed E-state index contributed by atoms with van der Waals surface area (Å²) in [5.41, 5.74) is -0.943. The van der Waals surface area contributed by atoms with E-state index in [0.29, 0.717) is 4.90 Å². The summed E-state index contributed by atoms with van der Waals surface area (Å²) >= 11 is 24.2. The van der Waals surface area contributed by atoms with Gasteiger partial charge in [-0.25, -0.2) is 9.29 Å². The Morgan fingerprint density at radius 1 is 0.967 bits per heavy atom. The summed E-state index contributed by atoms with van der Waals surface area (Å²) < 4.78 is 20.1. The minimum Gasteiger partial charge on any atom is -0.481 e. The zero-order valence-corrected chi connectivity index (χ0v) is 17.6. The van der Waals surface area contributed by atoms with Crippen LogP contribution in [0.25, 0.3) is 0 Å². The molecule has 0 bridgehead atoms. The highest BCUT2D eigenvalue weighted by Crippen LogP contribution is 2.47. The van der Waals surface area contributed by atoms with Crippen molar-refractivity contribution in [3.63, 3.8) is 0 Å². The maximum Gasteiger partial charge on any atom is 0.267 e. The van der Waals surface area contributed by atoms with Crippen LogP contribution in [0.2, 0.25) is 20.1 Å². The summed E-state index contributed by atoms with van der Waals surface area (Å²) in [5, 5.41) is -0.995. The van der Waals surface area contributed by atoms with E-state index in [2.05, 4.69) is 5.92 Å². The topological polar surface area (TPSA) is 66.9 Å². The molecular formula is C19H7Cl4FN2O4. The van der Waals surface area contributed by atoms with Gasteiger partial charge in [0, 0.05) is 6.07 Å². The summed E-state index contributed by atoms with van der Waals surface area (Å²) in [6, 6.07) is 2.07. The molecule has 30 heavy (non-hydrogen) atoms. The van der Waals surface area contributed by atoms with Crippen molar-refractivity contribution in [2.75, 3.05) is 23.0 Å². The van der Waals surface area contributed by atoms with E-state index in [0.717, 1.165) is 12.1 Å². The number of imide groups is 1. The van der Waals surface area contributed by atoms with Gasteiger partial charge in [-0.1, -0.05) is 52.3 Å². The normalized spacial score (nSPS) is 15.1. The number of halogens is 5. The Kier molecular flexibility index (Phi) is 5.07. The summed E-state index contributed by atoms with van der Waals surface area (Å²) in [6.07, 6.45) is 5.30. The van der Waals surface area contributed by atoms with Crippen LogP contribution in [-0.2, 0) is 4.79 Å². The third-order valence-electron chi connectivity index (χ3n) is 4.56. The van der Waals surface area contributed by atoms with E-state index in [1.165, 1.54) is 4.90 Å². The Morgan fingerprint density at radius 2 is 1.53 bits per heavy atom. The summed E-state index contributed by atoms with van der Waals surface area (Å²) in [7, 11) is 0. The van der Waals surface area contributed by atoms with Crippen LogP contribution in [0.4, 0.5) is 15.8 Å². The Balaban J connectivity index is 1.90. The Bertz CT molecular complexity index is 1180. The lowest BCUT2D eigenvalue weighted by molar-refractivity contribution is -0.121. The van der Waals surface area contributed by atoms with E-state index in [1.807, 2.05) is 0 Å². The molecule has 0 aromatic heterocycles. The summed E-state index contributed by atoms with van der Waals surface area (Å²) in [4.78, 5) is 39.8. The molecule has 0 spiro atoms. The van der Waals surface area contributed by atoms with Gasteiger partial charge in [0.15, 0.2) is 12.4 Å². The molecule has 0 radical (unpaired) electrons. The highest BCUT2D eigenvalue weighted by molar-refractivity contribution is 6.56. The van der Waals surface area contributed by atoms with Crippen molar-refractivity contribution in [1.29, 1.82) is 0 Å². The van der Waals surface area contributed by atoms with Crippen molar-refractivity contribution in [3.8, 4) is 18.1 Å². The SMILES string of the molecule is C#CCN1C(=O)COc2cc(F)c(N3C(=O)c4c(Cl)c(Cl)c(Cl)c(Cl)c4C3=O)cc21. The van der Waals surface area contributed by atoms with Crippen LogP contribution in [-0.4, -0.2) is 30.9 Å². The van der Waals surface area contributed by atoms with Gasteiger partial charge >= 0.3 is 0 Å². The number of terminal acetylenes is 1. The van der Waals surface area contributed by atoms with Crippen molar-refractivity contribution in [3.05, 3.63) is 49.2 Å². The van der Waals surface area contributed by atoms with Gasteiger partial charge in [0.25, 0.3) is 17.7 Å². The Morgan fingerprint density at radius 3 is 2.07 bits per heavy atom. The molecule has 2 aliphatic heterocycles. The molecule has 0 unspecified atom stereocenters. The third kappa shape index (κ3) is 2.83. The maximum absolute atomic E-state index is 14.9. The first-order chi connectivity index (χ1) is 14.2. The molecule has 2 aromatic carbocycles. The number of benzene rings is 2. The predicted molar refractivity (Wildman–Crippen MR) is 111 cm³/mol. The maximum atomic E-state index is 14.9. The predicted octanol–water partition coefficient (Wildman–Crippen LogP) is 4.60. The number of nitrogens with zero attached hydrogens (tertiary/aromatic N) is 2. The molecule has 6 nitrogen and oxygen atoms in total. The minimum absolute atomic E-state index is 0.0323. The smallest absolute Gasteiger partial charge is 0.267 e. The van der Waals surface area contributed by atoms with E-state index in [-0.39, 0.29) is 55.8 Å². The van der Waals surface area contributed by atoms with Crippen molar-refractivity contribution in [2.45, 2.75) is 0 Å². The second kappa shape index (κ2) is 7.33. The van der Waals surface area contributed by atoms with Gasteiger partial charge in [-0.05, 0) is 6.07 Å². The van der Waals surface area contributed by atoms with Crippen LogP contribution >= 0.6 is 46.4 Å². The molecule has 0 saturated carbocycles. The van der Waals surface area contributed by atoms with Gasteiger partial charge in [-0.3, -0.25) is 19.3 Å². The molecule has 0 atom stereocenters. The van der Waals surface area contributed by atoms with Gasteiger partial charge in [0.2, 0.25) is 0 Å². The van der Waals surface area contributed by atoms with Crippen molar-refractivity contribution >= 4 is 75.5 Å². The molecule has 4 rings (SSSR count).